The van der Waals surface area contributed by atoms with Crippen molar-refractivity contribution in [3.05, 3.63) is 77.5 Å². The molecule has 1 nitrogen and oxygen atoms in total. The topological polar surface area (TPSA) is 12.9 Å². The van der Waals surface area contributed by atoms with Gasteiger partial charge in [0.15, 0.2) is 0 Å². The number of nitrogens with zero attached hydrogens (tertiary/aromatic N) is 1. The highest BCUT2D eigenvalue weighted by atomic mass is 32.2. The summed E-state index contributed by atoms with van der Waals surface area (Å²) < 4.78 is 0. The molecule has 0 radical (unpaired) electrons. The van der Waals surface area contributed by atoms with Gasteiger partial charge in [-0.15, -0.1) is 0 Å². The molecule has 0 saturated carbocycles. The predicted octanol–water partition coefficient (Wildman–Crippen LogP) is 11.4. The first-order valence-corrected chi connectivity index (χ1v) is 15.6. The van der Waals surface area contributed by atoms with E-state index in [1.165, 1.54) is 64.4 Å². The van der Waals surface area contributed by atoms with Gasteiger partial charge in [-0.05, 0) is 97.3 Å². The maximum Gasteiger partial charge on any atom is 0.0803 e. The van der Waals surface area contributed by atoms with Crippen molar-refractivity contribution in [3.8, 4) is 11.3 Å². The second-order valence-electron chi connectivity index (χ2n) is 15.6. The third kappa shape index (κ3) is 5.16. The van der Waals surface area contributed by atoms with Crippen molar-refractivity contribution < 1.29 is 0 Å². The van der Waals surface area contributed by atoms with Crippen LogP contribution in [0.5, 0.6) is 0 Å². The van der Waals surface area contributed by atoms with Gasteiger partial charge >= 0.3 is 0 Å². The van der Waals surface area contributed by atoms with Crippen molar-refractivity contribution in [2.24, 2.45) is 16.2 Å². The van der Waals surface area contributed by atoms with Crippen LogP contribution in [0, 0.1) is 16.2 Å². The molecule has 0 unspecified atom stereocenters. The SMILES string of the molecule is CC(C)(C)Cc1cc(CC(C)(C)C)c2cc3c4c(nccc4c2c1)-c1cc2ccccc2c(CC(C)(C)C)c1S3. The average Bonchev–Trinajstić information content (AvgIpc) is 2.82. The van der Waals surface area contributed by atoms with Gasteiger partial charge in [0.05, 0.1) is 5.69 Å². The van der Waals surface area contributed by atoms with Crippen LogP contribution in [0.25, 0.3) is 43.6 Å². The molecule has 6 rings (SSSR count). The van der Waals surface area contributed by atoms with Crippen LogP contribution in [-0.4, -0.2) is 4.98 Å². The Balaban J connectivity index is 1.69. The summed E-state index contributed by atoms with van der Waals surface area (Å²) in [5, 5.41) is 8.13. The molecule has 2 heterocycles. The van der Waals surface area contributed by atoms with Crippen LogP contribution < -0.4 is 0 Å². The fraction of sp³-hybridized carbons (Fsp3) is 0.395. The Morgan fingerprint density at radius 1 is 0.650 bits per heavy atom. The number of fused-ring (bicyclic) bond motifs is 5. The van der Waals surface area contributed by atoms with Crippen LogP contribution in [-0.2, 0) is 19.3 Å². The molecule has 2 heteroatoms. The van der Waals surface area contributed by atoms with Gasteiger partial charge in [-0.25, -0.2) is 0 Å². The minimum atomic E-state index is 0.185. The van der Waals surface area contributed by atoms with E-state index in [-0.39, 0.29) is 16.2 Å². The Hall–Kier alpha value is -2.84. The first kappa shape index (κ1) is 27.3. The molecule has 1 aromatic heterocycles. The number of pyridine rings is 1. The Morgan fingerprint density at radius 3 is 2.05 bits per heavy atom. The molecule has 1 aliphatic rings. The summed E-state index contributed by atoms with van der Waals surface area (Å²) in [6.07, 6.45) is 5.21. The first-order chi connectivity index (χ1) is 18.7. The predicted molar refractivity (Wildman–Crippen MR) is 176 cm³/mol. The van der Waals surface area contributed by atoms with Gasteiger partial charge in [-0.2, -0.15) is 0 Å². The van der Waals surface area contributed by atoms with Gasteiger partial charge in [-0.3, -0.25) is 4.98 Å². The van der Waals surface area contributed by atoms with Crippen molar-refractivity contribution in [1.82, 2.24) is 4.98 Å². The number of benzene rings is 4. The molecule has 0 bridgehead atoms. The third-order valence-corrected chi connectivity index (χ3v) is 9.03. The van der Waals surface area contributed by atoms with E-state index >= 15 is 0 Å². The van der Waals surface area contributed by atoms with Crippen LogP contribution in [0.4, 0.5) is 0 Å². The Kier molecular flexibility index (Phi) is 6.39. The molecule has 0 aliphatic carbocycles. The van der Waals surface area contributed by atoms with Gasteiger partial charge in [0.25, 0.3) is 0 Å². The molecule has 0 N–H and O–H groups in total. The monoisotopic (exact) mass is 545 g/mol. The molecule has 0 fully saturated rings. The Bertz CT molecular complexity index is 1790. The van der Waals surface area contributed by atoms with Gasteiger partial charge in [0.2, 0.25) is 0 Å². The normalized spacial score (nSPS) is 13.8. The van der Waals surface area contributed by atoms with E-state index in [2.05, 4.69) is 117 Å². The number of aromatic nitrogens is 1. The summed E-state index contributed by atoms with van der Waals surface area (Å²) in [5.41, 5.74) is 7.44. The van der Waals surface area contributed by atoms with Crippen LogP contribution in [0.1, 0.15) is 79.0 Å². The standard InChI is InChI=1S/C38H43NS/c1-36(2,3)20-23-16-25(21-37(4,5)6)28-19-32-33-27(29(28)17-23)14-15-39-34(33)30-18-24-12-10-11-13-26(24)31(35(30)40-32)22-38(7,8)9/h10-19H,20-22H2,1-9H3. The van der Waals surface area contributed by atoms with Gasteiger partial charge in [-0.1, -0.05) is 110 Å². The number of hydrogen-bond acceptors (Lipinski definition) is 2. The van der Waals surface area contributed by atoms with E-state index in [4.69, 9.17) is 4.98 Å². The highest BCUT2D eigenvalue weighted by Crippen LogP contribution is 2.53. The second-order valence-corrected chi connectivity index (χ2v) is 16.6. The molecule has 0 atom stereocenters. The molecule has 5 aromatic rings. The Morgan fingerprint density at radius 2 is 1.35 bits per heavy atom. The fourth-order valence-electron chi connectivity index (χ4n) is 6.54. The maximum atomic E-state index is 5.08. The van der Waals surface area contributed by atoms with E-state index < -0.39 is 0 Å². The summed E-state index contributed by atoms with van der Waals surface area (Å²) in [7, 11) is 0. The summed E-state index contributed by atoms with van der Waals surface area (Å²) in [4.78, 5) is 7.82. The van der Waals surface area contributed by atoms with E-state index in [0.717, 1.165) is 25.0 Å². The fourth-order valence-corrected chi connectivity index (χ4v) is 7.82. The van der Waals surface area contributed by atoms with E-state index in [1.807, 2.05) is 18.0 Å². The van der Waals surface area contributed by atoms with Crippen LogP contribution in [0.15, 0.2) is 70.6 Å². The molecule has 0 saturated heterocycles. The minimum absolute atomic E-state index is 0.185. The van der Waals surface area contributed by atoms with Crippen molar-refractivity contribution in [1.29, 1.82) is 0 Å². The molecular formula is C38H43NS. The van der Waals surface area contributed by atoms with Crippen molar-refractivity contribution >= 4 is 44.1 Å². The highest BCUT2D eigenvalue weighted by molar-refractivity contribution is 8.00. The molecule has 4 aromatic carbocycles. The van der Waals surface area contributed by atoms with E-state index in [9.17, 15) is 0 Å². The molecule has 40 heavy (non-hydrogen) atoms. The highest BCUT2D eigenvalue weighted by Gasteiger charge is 2.28. The zero-order chi connectivity index (χ0) is 28.6. The zero-order valence-electron chi connectivity index (χ0n) is 25.8. The lowest BCUT2D eigenvalue weighted by Gasteiger charge is -2.28. The summed E-state index contributed by atoms with van der Waals surface area (Å²) in [6, 6.07) is 21.0. The van der Waals surface area contributed by atoms with Gasteiger partial charge in [0.1, 0.15) is 0 Å². The summed E-state index contributed by atoms with van der Waals surface area (Å²) in [5.74, 6) is 0. The van der Waals surface area contributed by atoms with E-state index in [0.29, 0.717) is 0 Å². The first-order valence-electron chi connectivity index (χ1n) is 14.8. The quantitative estimate of drug-likeness (QED) is 0.205. The minimum Gasteiger partial charge on any atom is -0.256 e. The van der Waals surface area contributed by atoms with Crippen LogP contribution in [0.3, 0.4) is 0 Å². The van der Waals surface area contributed by atoms with Gasteiger partial charge in [0, 0.05) is 26.9 Å². The molecule has 0 amide bonds. The van der Waals surface area contributed by atoms with E-state index in [1.54, 1.807) is 0 Å². The lowest BCUT2D eigenvalue weighted by Crippen LogP contribution is -2.13. The van der Waals surface area contributed by atoms with Gasteiger partial charge < -0.3 is 0 Å². The summed E-state index contributed by atoms with van der Waals surface area (Å²) in [6.45, 7) is 21.2. The van der Waals surface area contributed by atoms with Crippen molar-refractivity contribution in [3.63, 3.8) is 0 Å². The van der Waals surface area contributed by atoms with Crippen LogP contribution >= 0.6 is 11.8 Å². The number of rotatable bonds is 3. The smallest absolute Gasteiger partial charge is 0.0803 e. The lowest BCUT2D eigenvalue weighted by atomic mass is 9.81. The lowest BCUT2D eigenvalue weighted by molar-refractivity contribution is 0.406. The van der Waals surface area contributed by atoms with Crippen LogP contribution in [0.2, 0.25) is 0 Å². The molecule has 1 aliphatic heterocycles. The molecule has 0 spiro atoms. The summed E-state index contributed by atoms with van der Waals surface area (Å²) >= 11 is 1.97. The second kappa shape index (κ2) is 9.35. The molecule has 206 valence electrons. The molecular weight excluding hydrogens is 502 g/mol. The van der Waals surface area contributed by atoms with Crippen molar-refractivity contribution in [2.45, 2.75) is 91.4 Å². The Labute approximate surface area is 244 Å². The zero-order valence-corrected chi connectivity index (χ0v) is 26.6. The third-order valence-electron chi connectivity index (χ3n) is 7.82. The maximum absolute atomic E-state index is 5.08. The van der Waals surface area contributed by atoms with Crippen molar-refractivity contribution in [2.75, 3.05) is 0 Å². The number of hydrogen-bond donors (Lipinski definition) is 0. The largest absolute Gasteiger partial charge is 0.256 e. The average molecular weight is 546 g/mol.